The van der Waals surface area contributed by atoms with E-state index < -0.39 is 10.8 Å². The van der Waals surface area contributed by atoms with Gasteiger partial charge in [-0.1, -0.05) is 12.7 Å². The number of nitrogens with one attached hydrogen (secondary N) is 1. The maximum absolute atomic E-state index is 12.2. The van der Waals surface area contributed by atoms with Crippen LogP contribution in [0.4, 0.5) is 5.69 Å². The van der Waals surface area contributed by atoms with Gasteiger partial charge >= 0.3 is 5.91 Å². The number of hydrazone groups is 1. The van der Waals surface area contributed by atoms with Crippen molar-refractivity contribution in [1.29, 1.82) is 0 Å². The first-order chi connectivity index (χ1) is 13.5. The van der Waals surface area contributed by atoms with Gasteiger partial charge in [0.05, 0.1) is 15.6 Å². The highest BCUT2D eigenvalue weighted by Crippen LogP contribution is 2.26. The number of furan rings is 1. The van der Waals surface area contributed by atoms with Gasteiger partial charge in [0.15, 0.2) is 5.76 Å². The lowest BCUT2D eigenvalue weighted by Gasteiger charge is -2.06. The number of carbonyl (C=O) groups excluding carboxylic acids is 1. The van der Waals surface area contributed by atoms with E-state index in [-0.39, 0.29) is 11.4 Å². The zero-order chi connectivity index (χ0) is 20.1. The molecule has 0 atom stereocenters. The van der Waals surface area contributed by atoms with Gasteiger partial charge in [0.25, 0.3) is 5.69 Å². The van der Waals surface area contributed by atoms with Crippen LogP contribution in [0.15, 0.2) is 69.1 Å². The average molecular weight is 444 g/mol. The molecule has 0 radical (unpaired) electrons. The quantitative estimate of drug-likeness (QED) is 0.251. The molecule has 0 saturated heterocycles. The van der Waals surface area contributed by atoms with Crippen LogP contribution in [0, 0.1) is 10.1 Å². The third kappa shape index (κ3) is 4.44. The number of nitro benzene ring substituents is 1. The number of rotatable bonds is 7. The van der Waals surface area contributed by atoms with Crippen molar-refractivity contribution < 1.29 is 18.9 Å². The molecule has 0 aliphatic rings. The van der Waals surface area contributed by atoms with Gasteiger partial charge in [0.1, 0.15) is 17.9 Å². The number of non-ortho nitro benzene ring substituents is 1. The van der Waals surface area contributed by atoms with Crippen LogP contribution in [0.25, 0.3) is 11.0 Å². The molecule has 1 heterocycles. The zero-order valence-corrected chi connectivity index (χ0v) is 16.0. The van der Waals surface area contributed by atoms with Gasteiger partial charge in [0, 0.05) is 17.5 Å². The second-order valence-corrected chi connectivity index (χ2v) is 6.43. The van der Waals surface area contributed by atoms with E-state index in [4.69, 9.17) is 9.15 Å². The second-order valence-electron chi connectivity index (χ2n) is 5.58. The van der Waals surface area contributed by atoms with Gasteiger partial charge in [-0.25, -0.2) is 5.43 Å². The van der Waals surface area contributed by atoms with Gasteiger partial charge in [-0.05, 0) is 51.8 Å². The number of nitro groups is 1. The summed E-state index contributed by atoms with van der Waals surface area (Å²) in [5.41, 5.74) is 3.39. The van der Waals surface area contributed by atoms with Crippen molar-refractivity contribution in [2.24, 2.45) is 5.10 Å². The molecule has 8 nitrogen and oxygen atoms in total. The summed E-state index contributed by atoms with van der Waals surface area (Å²) in [4.78, 5) is 22.5. The van der Waals surface area contributed by atoms with Crippen LogP contribution in [0.1, 0.15) is 16.1 Å². The largest absolute Gasteiger partial charge is 0.488 e. The van der Waals surface area contributed by atoms with E-state index in [1.165, 1.54) is 30.5 Å². The molecule has 142 valence electrons. The number of hydrogen-bond donors (Lipinski definition) is 1. The number of fused-ring (bicyclic) bond motifs is 1. The molecular weight excluding hydrogens is 430 g/mol. The molecule has 0 unspecified atom stereocenters. The molecule has 0 fully saturated rings. The fourth-order valence-corrected chi connectivity index (χ4v) is 2.85. The van der Waals surface area contributed by atoms with Gasteiger partial charge in [-0.2, -0.15) is 5.10 Å². The summed E-state index contributed by atoms with van der Waals surface area (Å²) >= 11 is 3.40. The molecule has 1 N–H and O–H groups in total. The molecule has 1 aromatic heterocycles. The highest BCUT2D eigenvalue weighted by atomic mass is 79.9. The summed E-state index contributed by atoms with van der Waals surface area (Å²) in [6.07, 6.45) is 3.11. The Bertz CT molecular complexity index is 1090. The lowest BCUT2D eigenvalue weighted by molar-refractivity contribution is -0.384. The first kappa shape index (κ1) is 19.3. The van der Waals surface area contributed by atoms with Gasteiger partial charge < -0.3 is 9.15 Å². The molecule has 3 rings (SSSR count). The van der Waals surface area contributed by atoms with E-state index in [0.29, 0.717) is 23.3 Å². The van der Waals surface area contributed by atoms with Gasteiger partial charge in [0.2, 0.25) is 0 Å². The van der Waals surface area contributed by atoms with Crippen molar-refractivity contribution in [3.05, 3.63) is 81.0 Å². The smallest absolute Gasteiger partial charge is 0.307 e. The molecular formula is C19H14BrN3O5. The summed E-state index contributed by atoms with van der Waals surface area (Å²) in [5.74, 6) is 0.0968. The molecule has 3 aromatic rings. The summed E-state index contributed by atoms with van der Waals surface area (Å²) in [7, 11) is 0. The number of nitrogens with zero attached hydrogens (tertiary/aromatic N) is 2. The molecule has 2 aromatic carbocycles. The van der Waals surface area contributed by atoms with Crippen LogP contribution < -0.4 is 10.2 Å². The normalized spacial score (nSPS) is 10.9. The Kier molecular flexibility index (Phi) is 5.85. The Balaban J connectivity index is 1.68. The van der Waals surface area contributed by atoms with Crippen LogP contribution in [0.2, 0.25) is 0 Å². The molecule has 0 saturated carbocycles. The molecule has 28 heavy (non-hydrogen) atoms. The van der Waals surface area contributed by atoms with Crippen molar-refractivity contribution in [3.63, 3.8) is 0 Å². The van der Waals surface area contributed by atoms with Crippen molar-refractivity contribution in [1.82, 2.24) is 5.43 Å². The highest BCUT2D eigenvalue weighted by molar-refractivity contribution is 9.10. The maximum Gasteiger partial charge on any atom is 0.307 e. The summed E-state index contributed by atoms with van der Waals surface area (Å²) in [5, 5.41) is 15.2. The predicted molar refractivity (Wildman–Crippen MR) is 108 cm³/mol. The van der Waals surface area contributed by atoms with Crippen LogP contribution in [0.5, 0.6) is 5.75 Å². The number of carbonyl (C=O) groups is 1. The van der Waals surface area contributed by atoms with E-state index >= 15 is 0 Å². The van der Waals surface area contributed by atoms with Crippen molar-refractivity contribution in [2.45, 2.75) is 0 Å². The molecule has 0 spiro atoms. The topological polar surface area (TPSA) is 107 Å². The number of halogens is 1. The third-order valence-electron chi connectivity index (χ3n) is 3.63. The Morgan fingerprint density at radius 1 is 1.32 bits per heavy atom. The summed E-state index contributed by atoms with van der Waals surface area (Å²) in [6.45, 7) is 3.98. The van der Waals surface area contributed by atoms with E-state index in [1.54, 1.807) is 24.3 Å². The SMILES string of the molecule is C=CCOc1ccc(/C=N\NC(=O)c2cc3cc([N+](=O)[O-])ccc3o2)cc1Br. The fourth-order valence-electron chi connectivity index (χ4n) is 2.34. The number of amides is 1. The van der Waals surface area contributed by atoms with Crippen molar-refractivity contribution >= 4 is 44.7 Å². The molecule has 1 amide bonds. The second kappa shape index (κ2) is 8.49. The molecule has 9 heteroatoms. The minimum atomic E-state index is -0.569. The highest BCUT2D eigenvalue weighted by Gasteiger charge is 2.14. The van der Waals surface area contributed by atoms with Gasteiger partial charge in [-0.3, -0.25) is 14.9 Å². The Morgan fingerprint density at radius 3 is 2.86 bits per heavy atom. The predicted octanol–water partition coefficient (Wildman–Crippen LogP) is 4.43. The Morgan fingerprint density at radius 2 is 2.14 bits per heavy atom. The number of hydrogen-bond acceptors (Lipinski definition) is 6. The first-order valence-corrected chi connectivity index (χ1v) is 8.82. The standard InChI is InChI=1S/C19H14BrN3O5/c1-2-7-27-17-5-3-12(8-15(17)20)11-21-22-19(24)18-10-13-9-14(23(25)26)4-6-16(13)28-18/h2-6,8-11H,1,7H2,(H,22,24)/b21-11-. The monoisotopic (exact) mass is 443 g/mol. The third-order valence-corrected chi connectivity index (χ3v) is 4.25. The van der Waals surface area contributed by atoms with Crippen LogP contribution in [0.3, 0.4) is 0 Å². The average Bonchev–Trinajstić information content (AvgIpc) is 3.10. The van der Waals surface area contributed by atoms with E-state index in [0.717, 1.165) is 10.0 Å². The van der Waals surface area contributed by atoms with E-state index in [2.05, 4.69) is 33.0 Å². The lowest BCUT2D eigenvalue weighted by atomic mass is 10.2. The molecule has 0 aliphatic carbocycles. The fraction of sp³-hybridized carbons (Fsp3) is 0.0526. The summed E-state index contributed by atoms with van der Waals surface area (Å²) < 4.78 is 11.6. The maximum atomic E-state index is 12.2. The Hall–Kier alpha value is -3.46. The zero-order valence-electron chi connectivity index (χ0n) is 14.4. The van der Waals surface area contributed by atoms with E-state index in [1.807, 2.05) is 0 Å². The van der Waals surface area contributed by atoms with Crippen LogP contribution >= 0.6 is 15.9 Å². The minimum Gasteiger partial charge on any atom is -0.488 e. The van der Waals surface area contributed by atoms with Gasteiger partial charge in [-0.15, -0.1) is 0 Å². The van der Waals surface area contributed by atoms with Crippen molar-refractivity contribution in [2.75, 3.05) is 6.61 Å². The number of benzene rings is 2. The minimum absolute atomic E-state index is 0.00185. The first-order valence-electron chi connectivity index (χ1n) is 8.02. The molecule has 0 bridgehead atoms. The molecule has 0 aliphatic heterocycles. The number of ether oxygens (including phenoxy) is 1. The lowest BCUT2D eigenvalue weighted by Crippen LogP contribution is -2.16. The Labute approximate surface area is 167 Å². The van der Waals surface area contributed by atoms with Crippen molar-refractivity contribution in [3.8, 4) is 5.75 Å². The summed E-state index contributed by atoms with van der Waals surface area (Å²) in [6, 6.07) is 10.9. The van der Waals surface area contributed by atoms with Crippen LogP contribution in [-0.4, -0.2) is 23.7 Å². The van der Waals surface area contributed by atoms with E-state index in [9.17, 15) is 14.9 Å². The van der Waals surface area contributed by atoms with Crippen LogP contribution in [-0.2, 0) is 0 Å².